The van der Waals surface area contributed by atoms with Crippen LogP contribution >= 0.6 is 0 Å². The van der Waals surface area contributed by atoms with Gasteiger partial charge in [-0.25, -0.2) is 0 Å². The highest BCUT2D eigenvalue weighted by Crippen LogP contribution is 2.40. The quantitative estimate of drug-likeness (QED) is 0.623. The zero-order valence-corrected chi connectivity index (χ0v) is 16.6. The molecule has 0 aliphatic carbocycles. The zero-order valence-electron chi connectivity index (χ0n) is 16.6. The molecule has 0 bridgehead atoms. The van der Waals surface area contributed by atoms with Gasteiger partial charge in [-0.2, -0.15) is 0 Å². The number of rotatable bonds is 3. The smallest absolute Gasteiger partial charge is 0.258 e. The van der Waals surface area contributed by atoms with Crippen LogP contribution in [0.3, 0.4) is 0 Å². The van der Waals surface area contributed by atoms with Crippen LogP contribution in [0.15, 0.2) is 72.8 Å². The average molecular weight is 370 g/mol. The van der Waals surface area contributed by atoms with Crippen molar-refractivity contribution in [3.8, 4) is 0 Å². The molecule has 0 saturated carbocycles. The molecule has 1 heterocycles. The van der Waals surface area contributed by atoms with Crippen LogP contribution in [-0.2, 0) is 0 Å². The average Bonchev–Trinajstić information content (AvgIpc) is 2.70. The lowest BCUT2D eigenvalue weighted by molar-refractivity contribution is 0.0974. The molecule has 0 radical (unpaired) electrons. The number of nitrogens with zero attached hydrogens (tertiary/aromatic N) is 1. The number of nitrogens with one attached hydrogen (secondary N) is 1. The molecule has 3 heteroatoms. The largest absolute Gasteiger partial charge is 0.378 e. The first-order valence-electron chi connectivity index (χ1n) is 9.85. The van der Waals surface area contributed by atoms with Crippen LogP contribution in [-0.4, -0.2) is 11.9 Å². The van der Waals surface area contributed by atoms with Gasteiger partial charge < -0.3 is 10.2 Å². The molecule has 1 aliphatic rings. The Labute approximate surface area is 167 Å². The van der Waals surface area contributed by atoms with E-state index in [1.54, 1.807) is 0 Å². The molecule has 2 atom stereocenters. The molecule has 3 aromatic carbocycles. The third-order valence-corrected chi connectivity index (χ3v) is 5.47. The molecule has 0 aromatic heterocycles. The van der Waals surface area contributed by atoms with Gasteiger partial charge in [0.05, 0.1) is 6.04 Å². The van der Waals surface area contributed by atoms with E-state index >= 15 is 0 Å². The minimum atomic E-state index is 0.0620. The van der Waals surface area contributed by atoms with Crippen molar-refractivity contribution in [1.82, 2.24) is 0 Å². The van der Waals surface area contributed by atoms with Crippen molar-refractivity contribution < 1.29 is 4.79 Å². The van der Waals surface area contributed by atoms with Crippen LogP contribution in [0.25, 0.3) is 0 Å². The van der Waals surface area contributed by atoms with E-state index in [0.29, 0.717) is 0 Å². The second-order valence-corrected chi connectivity index (χ2v) is 7.75. The maximum atomic E-state index is 13.3. The number of carbonyl (C=O) groups excluding carboxylic acids is 1. The molecule has 3 aromatic rings. The van der Waals surface area contributed by atoms with E-state index in [1.165, 1.54) is 16.7 Å². The van der Waals surface area contributed by atoms with Crippen molar-refractivity contribution in [2.24, 2.45) is 0 Å². The van der Waals surface area contributed by atoms with Gasteiger partial charge in [0.1, 0.15) is 0 Å². The van der Waals surface area contributed by atoms with Gasteiger partial charge in [0.2, 0.25) is 0 Å². The first-order valence-corrected chi connectivity index (χ1v) is 9.85. The number of fused-ring (bicyclic) bond motifs is 1. The minimum absolute atomic E-state index is 0.0620. The summed E-state index contributed by atoms with van der Waals surface area (Å²) >= 11 is 0. The predicted octanol–water partition coefficient (Wildman–Crippen LogP) is 5.90. The Bertz CT molecular complexity index is 979. The summed E-state index contributed by atoms with van der Waals surface area (Å²) in [5, 5.41) is 3.68. The van der Waals surface area contributed by atoms with Crippen LogP contribution in [0.4, 0.5) is 11.4 Å². The lowest BCUT2D eigenvalue weighted by Gasteiger charge is -2.40. The van der Waals surface area contributed by atoms with Crippen molar-refractivity contribution in [2.75, 3.05) is 10.2 Å². The van der Waals surface area contributed by atoms with Gasteiger partial charge in [-0.3, -0.25) is 4.79 Å². The third-order valence-electron chi connectivity index (χ3n) is 5.47. The molecule has 0 saturated heterocycles. The number of aryl methyl sites for hydroxylation is 2. The predicted molar refractivity (Wildman–Crippen MR) is 116 cm³/mol. The maximum absolute atomic E-state index is 13.3. The van der Waals surface area contributed by atoms with E-state index in [0.717, 1.165) is 23.4 Å². The number of hydrogen-bond donors (Lipinski definition) is 1. The summed E-state index contributed by atoms with van der Waals surface area (Å²) in [5.41, 5.74) is 6.48. The van der Waals surface area contributed by atoms with Gasteiger partial charge in [0, 0.05) is 23.0 Å². The first kappa shape index (κ1) is 18.3. The first-order chi connectivity index (χ1) is 13.5. The third kappa shape index (κ3) is 3.53. The summed E-state index contributed by atoms with van der Waals surface area (Å²) in [4.78, 5) is 15.2. The van der Waals surface area contributed by atoms with Crippen molar-refractivity contribution in [3.63, 3.8) is 0 Å². The number of benzene rings is 3. The molecule has 1 N–H and O–H groups in total. The van der Waals surface area contributed by atoms with E-state index in [9.17, 15) is 4.79 Å². The Hall–Kier alpha value is -3.07. The highest BCUT2D eigenvalue weighted by atomic mass is 16.2. The summed E-state index contributed by atoms with van der Waals surface area (Å²) in [6.45, 7) is 6.33. The topological polar surface area (TPSA) is 32.3 Å². The SMILES string of the molecule is Cc1ccc(N[C@H]2C[C@@H](C)N(C(=O)c3ccccc3)c3ccc(C)cc32)cc1. The summed E-state index contributed by atoms with van der Waals surface area (Å²) in [5.74, 6) is 0.0620. The van der Waals surface area contributed by atoms with Gasteiger partial charge in [-0.1, -0.05) is 53.6 Å². The Morgan fingerprint density at radius 3 is 2.32 bits per heavy atom. The number of amides is 1. The van der Waals surface area contributed by atoms with Crippen molar-refractivity contribution in [2.45, 2.75) is 39.3 Å². The van der Waals surface area contributed by atoms with Gasteiger partial charge >= 0.3 is 0 Å². The van der Waals surface area contributed by atoms with E-state index in [-0.39, 0.29) is 18.0 Å². The van der Waals surface area contributed by atoms with Crippen LogP contribution < -0.4 is 10.2 Å². The molecular weight excluding hydrogens is 344 g/mol. The Kier molecular flexibility index (Phi) is 4.91. The molecular formula is C25H26N2O. The van der Waals surface area contributed by atoms with Crippen molar-refractivity contribution in [1.29, 1.82) is 0 Å². The summed E-state index contributed by atoms with van der Waals surface area (Å²) in [7, 11) is 0. The van der Waals surface area contributed by atoms with Crippen molar-refractivity contribution >= 4 is 17.3 Å². The molecule has 1 aliphatic heterocycles. The second-order valence-electron chi connectivity index (χ2n) is 7.75. The summed E-state index contributed by atoms with van der Waals surface area (Å²) < 4.78 is 0. The molecule has 28 heavy (non-hydrogen) atoms. The molecule has 0 unspecified atom stereocenters. The fourth-order valence-electron chi connectivity index (χ4n) is 4.00. The molecule has 3 nitrogen and oxygen atoms in total. The molecule has 142 valence electrons. The molecule has 4 rings (SSSR count). The Balaban J connectivity index is 1.71. The van der Waals surface area contributed by atoms with Crippen LogP contribution in [0.5, 0.6) is 0 Å². The van der Waals surface area contributed by atoms with Crippen molar-refractivity contribution in [3.05, 3.63) is 95.1 Å². The fourth-order valence-corrected chi connectivity index (χ4v) is 4.00. The van der Waals surface area contributed by atoms with E-state index in [2.05, 4.69) is 68.6 Å². The van der Waals surface area contributed by atoms with Crippen LogP contribution in [0.1, 0.15) is 46.4 Å². The molecule has 1 amide bonds. The van der Waals surface area contributed by atoms with Gasteiger partial charge in [-0.15, -0.1) is 0 Å². The van der Waals surface area contributed by atoms with Crippen LogP contribution in [0.2, 0.25) is 0 Å². The normalized spacial score (nSPS) is 18.5. The van der Waals surface area contributed by atoms with Crippen LogP contribution in [0, 0.1) is 13.8 Å². The zero-order chi connectivity index (χ0) is 19.7. The number of hydrogen-bond acceptors (Lipinski definition) is 2. The summed E-state index contributed by atoms with van der Waals surface area (Å²) in [6.07, 6.45) is 0.864. The molecule has 0 fully saturated rings. The Morgan fingerprint density at radius 1 is 0.929 bits per heavy atom. The fraction of sp³-hybridized carbons (Fsp3) is 0.240. The maximum Gasteiger partial charge on any atom is 0.258 e. The highest BCUT2D eigenvalue weighted by Gasteiger charge is 2.34. The van der Waals surface area contributed by atoms with E-state index in [4.69, 9.17) is 0 Å². The summed E-state index contributed by atoms with van der Waals surface area (Å²) in [6, 6.07) is 24.7. The second kappa shape index (κ2) is 7.51. The van der Waals surface area contributed by atoms with E-state index < -0.39 is 0 Å². The number of carbonyl (C=O) groups is 1. The lowest BCUT2D eigenvalue weighted by Crippen LogP contribution is -2.44. The van der Waals surface area contributed by atoms with Gasteiger partial charge in [-0.05, 0) is 63.1 Å². The molecule has 0 spiro atoms. The minimum Gasteiger partial charge on any atom is -0.378 e. The Morgan fingerprint density at radius 2 is 1.61 bits per heavy atom. The van der Waals surface area contributed by atoms with E-state index in [1.807, 2.05) is 35.2 Å². The monoisotopic (exact) mass is 370 g/mol. The number of anilines is 2. The van der Waals surface area contributed by atoms with Gasteiger partial charge in [0.25, 0.3) is 5.91 Å². The standard InChI is InChI=1S/C25H26N2O/c1-17-9-12-21(13-10-17)26-23-16-19(3)27(24-14-11-18(2)15-22(23)24)25(28)20-7-5-4-6-8-20/h4-15,19,23,26H,16H2,1-3H3/t19-,23+/m1/s1. The highest BCUT2D eigenvalue weighted by molar-refractivity contribution is 6.07. The lowest BCUT2D eigenvalue weighted by atomic mass is 9.89. The van der Waals surface area contributed by atoms with Gasteiger partial charge in [0.15, 0.2) is 0 Å².